The third kappa shape index (κ3) is 3.80. The Kier molecular flexibility index (Phi) is 5.01. The molecule has 17 heavy (non-hydrogen) atoms. The summed E-state index contributed by atoms with van der Waals surface area (Å²) in [4.78, 5) is 0. The minimum Gasteiger partial charge on any atom is -0.380 e. The number of hydrogen-bond donors (Lipinski definition) is 1. The van der Waals surface area contributed by atoms with Gasteiger partial charge in [0, 0.05) is 13.2 Å². The summed E-state index contributed by atoms with van der Waals surface area (Å²) in [5, 5.41) is 8.01. The predicted molar refractivity (Wildman–Crippen MR) is 73.6 cm³/mol. The molecule has 0 bridgehead atoms. The molecular formula is C14H23NOS. The first-order chi connectivity index (χ1) is 8.35. The van der Waals surface area contributed by atoms with Crippen molar-refractivity contribution < 1.29 is 4.74 Å². The summed E-state index contributed by atoms with van der Waals surface area (Å²) in [5.74, 6) is 0.798. The molecule has 0 radical (unpaired) electrons. The van der Waals surface area contributed by atoms with E-state index in [4.69, 9.17) is 4.74 Å². The molecule has 0 spiro atoms. The van der Waals surface area contributed by atoms with E-state index in [0.29, 0.717) is 12.1 Å². The summed E-state index contributed by atoms with van der Waals surface area (Å²) >= 11 is 1.79. The number of thiophene rings is 1. The van der Waals surface area contributed by atoms with Gasteiger partial charge in [-0.25, -0.2) is 0 Å². The third-order valence-electron chi connectivity index (χ3n) is 3.55. The average Bonchev–Trinajstić information content (AvgIpc) is 3.03. The monoisotopic (exact) mass is 253 g/mol. The second-order valence-corrected chi connectivity index (χ2v) is 5.65. The lowest BCUT2D eigenvalue weighted by Gasteiger charge is -2.26. The van der Waals surface area contributed by atoms with Crippen molar-refractivity contribution in [3.8, 4) is 0 Å². The van der Waals surface area contributed by atoms with Gasteiger partial charge >= 0.3 is 0 Å². The smallest absolute Gasteiger partial charge is 0.0752 e. The molecule has 1 heterocycles. The van der Waals surface area contributed by atoms with Crippen LogP contribution in [0.4, 0.5) is 0 Å². The van der Waals surface area contributed by atoms with Crippen molar-refractivity contribution in [2.45, 2.75) is 44.8 Å². The Morgan fingerprint density at radius 1 is 1.53 bits per heavy atom. The molecule has 3 heteroatoms. The van der Waals surface area contributed by atoms with Gasteiger partial charge in [-0.2, -0.15) is 11.3 Å². The maximum absolute atomic E-state index is 5.70. The summed E-state index contributed by atoms with van der Waals surface area (Å²) < 4.78 is 5.70. The highest BCUT2D eigenvalue weighted by molar-refractivity contribution is 7.07. The van der Waals surface area contributed by atoms with Crippen molar-refractivity contribution in [1.82, 2.24) is 5.32 Å². The van der Waals surface area contributed by atoms with Crippen LogP contribution in [0, 0.1) is 5.92 Å². The third-order valence-corrected chi connectivity index (χ3v) is 4.28. The van der Waals surface area contributed by atoms with Crippen molar-refractivity contribution in [2.24, 2.45) is 5.92 Å². The lowest BCUT2D eigenvalue weighted by Crippen LogP contribution is -2.42. The molecule has 1 aliphatic rings. The van der Waals surface area contributed by atoms with E-state index in [-0.39, 0.29) is 0 Å². The van der Waals surface area contributed by atoms with Crippen LogP contribution in [0.1, 0.15) is 31.7 Å². The molecule has 2 nitrogen and oxygen atoms in total. The first kappa shape index (κ1) is 13.1. The van der Waals surface area contributed by atoms with Gasteiger partial charge in [-0.05, 0) is 60.5 Å². The molecule has 2 rings (SSSR count). The van der Waals surface area contributed by atoms with Crippen LogP contribution in [-0.2, 0) is 11.2 Å². The maximum atomic E-state index is 5.70. The second kappa shape index (κ2) is 6.53. The minimum atomic E-state index is 0.411. The number of aryl methyl sites for hydroxylation is 1. The fraction of sp³-hybridized carbons (Fsp3) is 0.714. The topological polar surface area (TPSA) is 21.3 Å². The van der Waals surface area contributed by atoms with E-state index in [9.17, 15) is 0 Å². The molecule has 2 unspecified atom stereocenters. The molecule has 96 valence electrons. The Hall–Kier alpha value is -0.380. The molecule has 0 aromatic carbocycles. The normalized spacial score (nSPS) is 19.2. The zero-order valence-electron chi connectivity index (χ0n) is 10.8. The fourth-order valence-electron chi connectivity index (χ4n) is 2.51. The van der Waals surface area contributed by atoms with Crippen LogP contribution in [0.2, 0.25) is 0 Å². The van der Waals surface area contributed by atoms with Gasteiger partial charge in [-0.15, -0.1) is 0 Å². The van der Waals surface area contributed by atoms with E-state index in [1.807, 2.05) is 7.11 Å². The van der Waals surface area contributed by atoms with Crippen LogP contribution in [0.15, 0.2) is 16.8 Å². The summed E-state index contributed by atoms with van der Waals surface area (Å²) in [6, 6.07) is 2.74. The predicted octanol–water partition coefficient (Wildman–Crippen LogP) is 3.08. The maximum Gasteiger partial charge on any atom is 0.0752 e. The van der Waals surface area contributed by atoms with Crippen molar-refractivity contribution in [2.75, 3.05) is 13.7 Å². The molecule has 1 saturated carbocycles. The van der Waals surface area contributed by atoms with Crippen LogP contribution in [0.5, 0.6) is 0 Å². The molecule has 0 amide bonds. The zero-order valence-corrected chi connectivity index (χ0v) is 11.6. The van der Waals surface area contributed by atoms with Gasteiger partial charge in [0.1, 0.15) is 0 Å². The first-order valence-corrected chi connectivity index (χ1v) is 7.56. The Bertz CT molecular complexity index is 308. The zero-order chi connectivity index (χ0) is 12.1. The highest BCUT2D eigenvalue weighted by atomic mass is 32.1. The highest BCUT2D eigenvalue weighted by Crippen LogP contribution is 2.36. The van der Waals surface area contributed by atoms with Crippen LogP contribution in [-0.4, -0.2) is 25.8 Å². The number of ether oxygens (including phenoxy) is 1. The van der Waals surface area contributed by atoms with E-state index in [1.165, 1.54) is 24.8 Å². The van der Waals surface area contributed by atoms with E-state index in [1.54, 1.807) is 11.3 Å². The van der Waals surface area contributed by atoms with Crippen LogP contribution >= 0.6 is 11.3 Å². The molecular weight excluding hydrogens is 230 g/mol. The molecule has 1 N–H and O–H groups in total. The quantitative estimate of drug-likeness (QED) is 0.769. The molecule has 1 fully saturated rings. The average molecular weight is 253 g/mol. The fourth-order valence-corrected chi connectivity index (χ4v) is 3.21. The first-order valence-electron chi connectivity index (χ1n) is 6.62. The van der Waals surface area contributed by atoms with Crippen molar-refractivity contribution in [3.05, 3.63) is 22.4 Å². The van der Waals surface area contributed by atoms with Gasteiger partial charge < -0.3 is 10.1 Å². The number of nitrogens with one attached hydrogen (secondary N) is 1. The summed E-state index contributed by atoms with van der Waals surface area (Å²) in [7, 11) is 1.86. The van der Waals surface area contributed by atoms with E-state index < -0.39 is 0 Å². The van der Waals surface area contributed by atoms with Crippen LogP contribution < -0.4 is 5.32 Å². The lowest BCUT2D eigenvalue weighted by atomic mass is 9.99. The number of hydrogen-bond acceptors (Lipinski definition) is 3. The number of rotatable bonds is 8. The van der Waals surface area contributed by atoms with Crippen molar-refractivity contribution in [1.29, 1.82) is 0 Å². The largest absolute Gasteiger partial charge is 0.380 e. The summed E-state index contributed by atoms with van der Waals surface area (Å²) in [6.07, 6.45) is 5.44. The summed E-state index contributed by atoms with van der Waals surface area (Å²) in [6.45, 7) is 3.21. The van der Waals surface area contributed by atoms with Gasteiger partial charge in [-0.3, -0.25) is 0 Å². The standard InChI is InChI=1S/C14H23NOS/c1-3-15-13(14(16-2)12-5-6-12)7-4-11-8-9-17-10-11/h8-10,12-15H,3-7H2,1-2H3. The molecule has 2 atom stereocenters. The van der Waals surface area contributed by atoms with Crippen LogP contribution in [0.25, 0.3) is 0 Å². The van der Waals surface area contributed by atoms with Crippen LogP contribution in [0.3, 0.4) is 0 Å². The van der Waals surface area contributed by atoms with Gasteiger partial charge in [0.2, 0.25) is 0 Å². The number of likely N-dealkylation sites (N-methyl/N-ethyl adjacent to an activating group) is 1. The number of methoxy groups -OCH3 is 1. The Morgan fingerprint density at radius 2 is 2.35 bits per heavy atom. The molecule has 1 aliphatic carbocycles. The molecule has 1 aromatic heterocycles. The van der Waals surface area contributed by atoms with E-state index >= 15 is 0 Å². The van der Waals surface area contributed by atoms with Gasteiger partial charge in [0.15, 0.2) is 0 Å². The van der Waals surface area contributed by atoms with Gasteiger partial charge in [-0.1, -0.05) is 6.92 Å². The minimum absolute atomic E-state index is 0.411. The Labute approximate surface area is 108 Å². The van der Waals surface area contributed by atoms with Gasteiger partial charge in [0.05, 0.1) is 6.10 Å². The molecule has 0 saturated heterocycles. The molecule has 1 aromatic rings. The summed E-state index contributed by atoms with van der Waals surface area (Å²) in [5.41, 5.74) is 1.46. The van der Waals surface area contributed by atoms with Crippen molar-refractivity contribution in [3.63, 3.8) is 0 Å². The van der Waals surface area contributed by atoms with Crippen molar-refractivity contribution >= 4 is 11.3 Å². The SMILES string of the molecule is CCNC(CCc1ccsc1)C(OC)C1CC1. The Morgan fingerprint density at radius 3 is 2.88 bits per heavy atom. The Balaban J connectivity index is 1.86. The second-order valence-electron chi connectivity index (χ2n) is 4.87. The van der Waals surface area contributed by atoms with Gasteiger partial charge in [0.25, 0.3) is 0 Å². The van der Waals surface area contributed by atoms with E-state index in [0.717, 1.165) is 18.9 Å². The molecule has 0 aliphatic heterocycles. The highest BCUT2D eigenvalue weighted by Gasteiger charge is 2.36. The van der Waals surface area contributed by atoms with E-state index in [2.05, 4.69) is 29.1 Å². The lowest BCUT2D eigenvalue weighted by molar-refractivity contribution is 0.0490.